The molecule has 0 unspecified atom stereocenters. The van der Waals surface area contributed by atoms with Gasteiger partial charge in [-0.1, -0.05) is 11.6 Å². The lowest BCUT2D eigenvalue weighted by Crippen LogP contribution is -1.99. The first-order chi connectivity index (χ1) is 9.52. The molecule has 0 aliphatic heterocycles. The zero-order chi connectivity index (χ0) is 14.7. The molecule has 0 saturated carbocycles. The minimum Gasteiger partial charge on any atom is -0.497 e. The van der Waals surface area contributed by atoms with Gasteiger partial charge in [-0.15, -0.1) is 0 Å². The number of nitro benzene ring substituents is 1. The lowest BCUT2D eigenvalue weighted by atomic mass is 10.2. The summed E-state index contributed by atoms with van der Waals surface area (Å²) in [4.78, 5) is 10.7. The predicted octanol–water partition coefficient (Wildman–Crippen LogP) is 4.61. The van der Waals surface area contributed by atoms with E-state index < -0.39 is 4.92 Å². The van der Waals surface area contributed by atoms with Gasteiger partial charge in [0.2, 0.25) is 0 Å². The summed E-state index contributed by atoms with van der Waals surface area (Å²) in [6.07, 6.45) is 0. The fourth-order valence-corrected chi connectivity index (χ4v) is 2.32. The van der Waals surface area contributed by atoms with Crippen LogP contribution in [0.3, 0.4) is 0 Å². The number of halogens is 2. The van der Waals surface area contributed by atoms with Crippen molar-refractivity contribution in [1.82, 2.24) is 0 Å². The average molecular weight is 405 g/mol. The molecule has 104 valence electrons. The minimum absolute atomic E-state index is 0.130. The molecule has 0 radical (unpaired) electrons. The Hall–Kier alpha value is -1.54. The SMILES string of the molecule is COc1ccc(Nc2ccc(I)c(Cl)c2[N+](=O)[O-])cc1. The summed E-state index contributed by atoms with van der Waals surface area (Å²) >= 11 is 7.96. The number of rotatable bonds is 4. The van der Waals surface area contributed by atoms with E-state index in [0.717, 1.165) is 0 Å². The van der Waals surface area contributed by atoms with E-state index in [4.69, 9.17) is 16.3 Å². The van der Waals surface area contributed by atoms with Gasteiger partial charge in [0.1, 0.15) is 16.5 Å². The van der Waals surface area contributed by atoms with Gasteiger partial charge in [0.15, 0.2) is 0 Å². The Bertz CT molecular complexity index is 647. The lowest BCUT2D eigenvalue weighted by molar-refractivity contribution is -0.383. The van der Waals surface area contributed by atoms with Crippen LogP contribution in [0.2, 0.25) is 5.02 Å². The quantitative estimate of drug-likeness (QED) is 0.459. The number of hydrogen-bond acceptors (Lipinski definition) is 4. The van der Waals surface area contributed by atoms with Crippen molar-refractivity contribution in [3.63, 3.8) is 0 Å². The van der Waals surface area contributed by atoms with Crippen molar-refractivity contribution in [2.75, 3.05) is 12.4 Å². The van der Waals surface area contributed by atoms with E-state index >= 15 is 0 Å². The maximum Gasteiger partial charge on any atom is 0.312 e. The van der Waals surface area contributed by atoms with Gasteiger partial charge in [-0.2, -0.15) is 0 Å². The van der Waals surface area contributed by atoms with E-state index in [1.807, 2.05) is 22.6 Å². The second-order valence-electron chi connectivity index (χ2n) is 3.87. The number of nitrogens with one attached hydrogen (secondary N) is 1. The Morgan fingerprint density at radius 2 is 1.90 bits per heavy atom. The first-order valence-electron chi connectivity index (χ1n) is 5.56. The van der Waals surface area contributed by atoms with E-state index in [-0.39, 0.29) is 10.7 Å². The zero-order valence-electron chi connectivity index (χ0n) is 10.4. The molecule has 20 heavy (non-hydrogen) atoms. The van der Waals surface area contributed by atoms with Crippen LogP contribution in [0.15, 0.2) is 36.4 Å². The molecule has 0 aromatic heterocycles. The van der Waals surface area contributed by atoms with E-state index in [1.54, 1.807) is 43.5 Å². The van der Waals surface area contributed by atoms with E-state index in [0.29, 0.717) is 20.7 Å². The largest absolute Gasteiger partial charge is 0.497 e. The van der Waals surface area contributed by atoms with Gasteiger partial charge in [-0.3, -0.25) is 10.1 Å². The molecule has 1 N–H and O–H groups in total. The summed E-state index contributed by atoms with van der Waals surface area (Å²) < 4.78 is 5.69. The van der Waals surface area contributed by atoms with Crippen LogP contribution in [0.5, 0.6) is 5.75 Å². The first-order valence-corrected chi connectivity index (χ1v) is 7.02. The molecule has 0 heterocycles. The van der Waals surface area contributed by atoms with Crippen LogP contribution in [-0.2, 0) is 0 Å². The standard InChI is InChI=1S/C13H10ClIN2O3/c1-20-9-4-2-8(3-5-9)16-11-7-6-10(15)12(14)13(11)17(18)19/h2-7,16H,1H3. The highest BCUT2D eigenvalue weighted by atomic mass is 127. The fourth-order valence-electron chi connectivity index (χ4n) is 1.65. The second kappa shape index (κ2) is 6.27. The Morgan fingerprint density at radius 1 is 1.25 bits per heavy atom. The Kier molecular flexibility index (Phi) is 4.66. The minimum atomic E-state index is -0.490. The average Bonchev–Trinajstić information content (AvgIpc) is 2.43. The molecule has 0 amide bonds. The van der Waals surface area contributed by atoms with Crippen molar-refractivity contribution in [3.05, 3.63) is 55.1 Å². The molecule has 2 aromatic rings. The summed E-state index contributed by atoms with van der Waals surface area (Å²) in [7, 11) is 1.58. The third-order valence-electron chi connectivity index (χ3n) is 2.62. The number of ether oxygens (including phenoxy) is 1. The molecule has 0 spiro atoms. The molecule has 0 aliphatic carbocycles. The van der Waals surface area contributed by atoms with Crippen molar-refractivity contribution in [3.8, 4) is 5.75 Å². The molecule has 0 bridgehead atoms. The lowest BCUT2D eigenvalue weighted by Gasteiger charge is -2.09. The number of methoxy groups -OCH3 is 1. The van der Waals surface area contributed by atoms with Gasteiger partial charge in [0, 0.05) is 9.26 Å². The molecule has 0 saturated heterocycles. The number of hydrogen-bond donors (Lipinski definition) is 1. The molecule has 2 aromatic carbocycles. The van der Waals surface area contributed by atoms with Crippen molar-refractivity contribution < 1.29 is 9.66 Å². The van der Waals surface area contributed by atoms with E-state index in [2.05, 4.69) is 5.32 Å². The van der Waals surface area contributed by atoms with E-state index in [9.17, 15) is 10.1 Å². The van der Waals surface area contributed by atoms with Crippen LogP contribution in [0, 0.1) is 13.7 Å². The molecule has 7 heteroatoms. The van der Waals surface area contributed by atoms with E-state index in [1.165, 1.54) is 0 Å². The summed E-state index contributed by atoms with van der Waals surface area (Å²) in [5.74, 6) is 0.714. The van der Waals surface area contributed by atoms with Crippen LogP contribution in [0.25, 0.3) is 0 Å². The highest BCUT2D eigenvalue weighted by Gasteiger charge is 2.21. The van der Waals surface area contributed by atoms with Crippen LogP contribution in [0.1, 0.15) is 0 Å². The maximum atomic E-state index is 11.1. The predicted molar refractivity (Wildman–Crippen MR) is 87.1 cm³/mol. The first kappa shape index (κ1) is 14.9. The van der Waals surface area contributed by atoms with Gasteiger partial charge in [0.25, 0.3) is 0 Å². The zero-order valence-corrected chi connectivity index (χ0v) is 13.3. The highest BCUT2D eigenvalue weighted by Crippen LogP contribution is 2.37. The topological polar surface area (TPSA) is 64.4 Å². The number of nitro groups is 1. The van der Waals surface area contributed by atoms with Gasteiger partial charge >= 0.3 is 5.69 Å². The van der Waals surface area contributed by atoms with Crippen molar-refractivity contribution >= 4 is 51.3 Å². The Labute approximate surface area is 134 Å². The maximum absolute atomic E-state index is 11.1. The highest BCUT2D eigenvalue weighted by molar-refractivity contribution is 14.1. The van der Waals surface area contributed by atoms with Crippen LogP contribution >= 0.6 is 34.2 Å². The van der Waals surface area contributed by atoms with Gasteiger partial charge in [0.05, 0.1) is 12.0 Å². The van der Waals surface area contributed by atoms with Crippen LogP contribution in [-0.4, -0.2) is 12.0 Å². The molecular weight excluding hydrogens is 395 g/mol. The van der Waals surface area contributed by atoms with Crippen molar-refractivity contribution in [2.24, 2.45) is 0 Å². The molecule has 0 atom stereocenters. The fraction of sp³-hybridized carbons (Fsp3) is 0.0769. The molecule has 0 aliphatic rings. The number of nitrogens with zero attached hydrogens (tertiary/aromatic N) is 1. The normalized spacial score (nSPS) is 10.2. The van der Waals surface area contributed by atoms with Crippen LogP contribution in [0.4, 0.5) is 17.1 Å². The summed E-state index contributed by atoms with van der Waals surface area (Å²) in [5, 5.41) is 14.3. The van der Waals surface area contributed by atoms with Crippen molar-refractivity contribution in [2.45, 2.75) is 0 Å². The molecule has 2 rings (SSSR count). The van der Waals surface area contributed by atoms with Gasteiger partial charge < -0.3 is 10.1 Å². The third-order valence-corrected chi connectivity index (χ3v) is 4.22. The number of benzene rings is 2. The summed E-state index contributed by atoms with van der Waals surface area (Å²) in [6, 6.07) is 10.4. The Morgan fingerprint density at radius 3 is 2.45 bits per heavy atom. The second-order valence-corrected chi connectivity index (χ2v) is 5.41. The number of anilines is 2. The van der Waals surface area contributed by atoms with Crippen molar-refractivity contribution in [1.29, 1.82) is 0 Å². The molecular formula is C13H10ClIN2O3. The molecule has 0 fully saturated rings. The monoisotopic (exact) mass is 404 g/mol. The molecule has 5 nitrogen and oxygen atoms in total. The summed E-state index contributed by atoms with van der Waals surface area (Å²) in [5.41, 5.74) is 0.936. The Balaban J connectivity index is 2.37. The third kappa shape index (κ3) is 3.13. The van der Waals surface area contributed by atoms with Gasteiger partial charge in [-0.05, 0) is 59.0 Å². The summed E-state index contributed by atoms with van der Waals surface area (Å²) in [6.45, 7) is 0. The van der Waals surface area contributed by atoms with Gasteiger partial charge in [-0.25, -0.2) is 0 Å². The van der Waals surface area contributed by atoms with Crippen LogP contribution < -0.4 is 10.1 Å². The smallest absolute Gasteiger partial charge is 0.312 e.